The van der Waals surface area contributed by atoms with E-state index >= 15 is 0 Å². The molecule has 24 heavy (non-hydrogen) atoms. The molecule has 2 aliphatic carbocycles. The first-order chi connectivity index (χ1) is 11.9. The van der Waals surface area contributed by atoms with Crippen molar-refractivity contribution in [2.24, 2.45) is 0 Å². The summed E-state index contributed by atoms with van der Waals surface area (Å²) < 4.78 is 0. The van der Waals surface area contributed by atoms with Crippen molar-refractivity contribution in [2.75, 3.05) is 0 Å². The van der Waals surface area contributed by atoms with Gasteiger partial charge in [-0.1, -0.05) is 68.9 Å². The Bertz CT molecular complexity index is 569. The second kappa shape index (κ2) is 7.51. The Kier molecular flexibility index (Phi) is 4.96. The summed E-state index contributed by atoms with van der Waals surface area (Å²) in [5.74, 6) is 1.53. The average molecular weight is 319 g/mol. The molecule has 0 radical (unpaired) electrons. The minimum atomic E-state index is 0.744. The van der Waals surface area contributed by atoms with E-state index < -0.39 is 0 Å². The Balaban J connectivity index is 1.47. The van der Waals surface area contributed by atoms with Crippen LogP contribution in [0.5, 0.6) is 0 Å². The first kappa shape index (κ1) is 15.9. The molecule has 1 heteroatoms. The standard InChI is InChI=1S/C23H29N/c1-3-7-18(8-4-1)20-11-13-21(14-12-20)23-16-15-22(17-24-23)19-9-5-2-6-10-19/h11-19H,1-10H2. The molecule has 0 spiro atoms. The summed E-state index contributed by atoms with van der Waals surface area (Å²) in [6, 6.07) is 13.7. The molecule has 0 bridgehead atoms. The zero-order chi connectivity index (χ0) is 16.2. The molecule has 0 N–H and O–H groups in total. The topological polar surface area (TPSA) is 12.9 Å². The third kappa shape index (κ3) is 3.55. The third-order valence-electron chi connectivity index (χ3n) is 6.15. The fourth-order valence-corrected chi connectivity index (χ4v) is 4.62. The Labute approximate surface area is 146 Å². The molecule has 0 saturated heterocycles. The van der Waals surface area contributed by atoms with E-state index in [1.807, 2.05) is 0 Å². The molecule has 2 aliphatic rings. The van der Waals surface area contributed by atoms with Crippen molar-refractivity contribution in [3.63, 3.8) is 0 Å². The number of aromatic nitrogens is 1. The van der Waals surface area contributed by atoms with Crippen LogP contribution < -0.4 is 0 Å². The van der Waals surface area contributed by atoms with Gasteiger partial charge in [-0.15, -0.1) is 0 Å². The van der Waals surface area contributed by atoms with E-state index in [1.165, 1.54) is 80.9 Å². The minimum absolute atomic E-state index is 0.744. The van der Waals surface area contributed by atoms with E-state index in [0.29, 0.717) is 0 Å². The van der Waals surface area contributed by atoms with Gasteiger partial charge < -0.3 is 0 Å². The summed E-state index contributed by atoms with van der Waals surface area (Å²) in [5, 5.41) is 0. The van der Waals surface area contributed by atoms with Gasteiger partial charge in [-0.25, -0.2) is 0 Å². The van der Waals surface area contributed by atoms with E-state index in [0.717, 1.165) is 17.5 Å². The highest BCUT2D eigenvalue weighted by molar-refractivity contribution is 5.59. The van der Waals surface area contributed by atoms with Gasteiger partial charge in [0.2, 0.25) is 0 Å². The van der Waals surface area contributed by atoms with Gasteiger partial charge in [0.25, 0.3) is 0 Å². The zero-order valence-electron chi connectivity index (χ0n) is 14.7. The lowest BCUT2D eigenvalue weighted by atomic mass is 9.83. The maximum atomic E-state index is 4.77. The highest BCUT2D eigenvalue weighted by Crippen LogP contribution is 2.34. The highest BCUT2D eigenvalue weighted by Gasteiger charge is 2.17. The molecule has 1 nitrogen and oxygen atoms in total. The van der Waals surface area contributed by atoms with E-state index in [9.17, 15) is 0 Å². The molecule has 0 atom stereocenters. The van der Waals surface area contributed by atoms with Gasteiger partial charge in [-0.3, -0.25) is 4.98 Å². The second-order valence-electron chi connectivity index (χ2n) is 7.77. The lowest BCUT2D eigenvalue weighted by Crippen LogP contribution is -2.05. The van der Waals surface area contributed by atoms with Crippen LogP contribution in [-0.2, 0) is 0 Å². The van der Waals surface area contributed by atoms with Gasteiger partial charge >= 0.3 is 0 Å². The van der Waals surface area contributed by atoms with Gasteiger partial charge in [0, 0.05) is 11.8 Å². The van der Waals surface area contributed by atoms with Crippen LogP contribution in [0.25, 0.3) is 11.3 Å². The molecule has 1 aromatic heterocycles. The van der Waals surface area contributed by atoms with Crippen LogP contribution in [0, 0.1) is 0 Å². The molecule has 0 unspecified atom stereocenters. The van der Waals surface area contributed by atoms with Gasteiger partial charge in [0.05, 0.1) is 5.69 Å². The fourth-order valence-electron chi connectivity index (χ4n) is 4.62. The number of benzene rings is 1. The maximum Gasteiger partial charge on any atom is 0.0702 e. The van der Waals surface area contributed by atoms with Crippen LogP contribution in [0.15, 0.2) is 42.6 Å². The lowest BCUT2D eigenvalue weighted by molar-refractivity contribution is 0.443. The molecule has 2 aromatic rings. The van der Waals surface area contributed by atoms with Crippen LogP contribution >= 0.6 is 0 Å². The Morgan fingerprint density at radius 3 is 1.67 bits per heavy atom. The summed E-state index contributed by atoms with van der Waals surface area (Å²) in [6.45, 7) is 0. The smallest absolute Gasteiger partial charge is 0.0702 e. The number of rotatable bonds is 3. The van der Waals surface area contributed by atoms with Crippen molar-refractivity contribution in [3.05, 3.63) is 53.7 Å². The van der Waals surface area contributed by atoms with Crippen LogP contribution in [0.1, 0.15) is 87.2 Å². The average Bonchev–Trinajstić information content (AvgIpc) is 2.70. The normalized spacial score (nSPS) is 20.2. The quantitative estimate of drug-likeness (QED) is 0.603. The third-order valence-corrected chi connectivity index (χ3v) is 6.15. The molecule has 1 heterocycles. The van der Waals surface area contributed by atoms with Crippen molar-refractivity contribution in [1.29, 1.82) is 0 Å². The summed E-state index contributed by atoms with van der Waals surface area (Å²) in [4.78, 5) is 4.77. The molecular formula is C23H29N. The monoisotopic (exact) mass is 319 g/mol. The van der Waals surface area contributed by atoms with E-state index in [2.05, 4.69) is 42.6 Å². The number of hydrogen-bond acceptors (Lipinski definition) is 1. The first-order valence-electron chi connectivity index (χ1n) is 9.96. The van der Waals surface area contributed by atoms with Crippen LogP contribution in [0.3, 0.4) is 0 Å². The second-order valence-corrected chi connectivity index (χ2v) is 7.77. The predicted molar refractivity (Wildman–Crippen MR) is 101 cm³/mol. The molecule has 2 fully saturated rings. The highest BCUT2D eigenvalue weighted by atomic mass is 14.7. The number of nitrogens with zero attached hydrogens (tertiary/aromatic N) is 1. The van der Waals surface area contributed by atoms with Gasteiger partial charge in [0.1, 0.15) is 0 Å². The molecule has 126 valence electrons. The zero-order valence-corrected chi connectivity index (χ0v) is 14.7. The SMILES string of the molecule is c1cc(C2CCCCC2)ccc1-c1ccc(C2CCCCC2)cn1. The number of pyridine rings is 1. The minimum Gasteiger partial charge on any atom is -0.256 e. The van der Waals surface area contributed by atoms with E-state index in [1.54, 1.807) is 0 Å². The van der Waals surface area contributed by atoms with Crippen LogP contribution in [-0.4, -0.2) is 4.98 Å². The fraction of sp³-hybridized carbons (Fsp3) is 0.522. The summed E-state index contributed by atoms with van der Waals surface area (Å²) >= 11 is 0. The molecule has 2 saturated carbocycles. The lowest BCUT2D eigenvalue weighted by Gasteiger charge is -2.22. The van der Waals surface area contributed by atoms with Crippen molar-refractivity contribution in [1.82, 2.24) is 4.98 Å². The maximum absolute atomic E-state index is 4.77. The largest absolute Gasteiger partial charge is 0.256 e. The Hall–Kier alpha value is -1.63. The van der Waals surface area contributed by atoms with Gasteiger partial charge in [-0.2, -0.15) is 0 Å². The Morgan fingerprint density at radius 2 is 1.12 bits per heavy atom. The van der Waals surface area contributed by atoms with Crippen LogP contribution in [0.2, 0.25) is 0 Å². The van der Waals surface area contributed by atoms with Crippen molar-refractivity contribution in [3.8, 4) is 11.3 Å². The van der Waals surface area contributed by atoms with Crippen molar-refractivity contribution < 1.29 is 0 Å². The van der Waals surface area contributed by atoms with Gasteiger partial charge in [0.15, 0.2) is 0 Å². The first-order valence-corrected chi connectivity index (χ1v) is 9.96. The van der Waals surface area contributed by atoms with E-state index in [4.69, 9.17) is 4.98 Å². The number of hydrogen-bond donors (Lipinski definition) is 0. The summed E-state index contributed by atoms with van der Waals surface area (Å²) in [5.41, 5.74) is 5.34. The molecule has 4 rings (SSSR count). The summed E-state index contributed by atoms with van der Waals surface area (Å²) in [7, 11) is 0. The van der Waals surface area contributed by atoms with Crippen LogP contribution in [0.4, 0.5) is 0 Å². The Morgan fingerprint density at radius 1 is 0.583 bits per heavy atom. The van der Waals surface area contributed by atoms with Gasteiger partial charge in [-0.05, 0) is 54.7 Å². The van der Waals surface area contributed by atoms with Crippen molar-refractivity contribution in [2.45, 2.75) is 76.0 Å². The molecule has 1 aromatic carbocycles. The predicted octanol–water partition coefficient (Wildman–Crippen LogP) is 6.84. The van der Waals surface area contributed by atoms with Crippen molar-refractivity contribution >= 4 is 0 Å². The molecule has 0 amide bonds. The molecular weight excluding hydrogens is 290 g/mol. The van der Waals surface area contributed by atoms with E-state index in [-0.39, 0.29) is 0 Å². The molecule has 0 aliphatic heterocycles. The summed E-state index contributed by atoms with van der Waals surface area (Å²) in [6.07, 6.45) is 16.0.